The molecule has 214 valence electrons. The lowest BCUT2D eigenvalue weighted by Gasteiger charge is -2.33. The van der Waals surface area contributed by atoms with Crippen molar-refractivity contribution in [2.45, 2.75) is 31.4 Å². The molecular weight excluding hydrogens is 508 g/mol. The fraction of sp³-hybridized carbons (Fsp3) is 0.552. The number of hydrogen-bond donors (Lipinski definition) is 1. The average Bonchev–Trinajstić information content (AvgIpc) is 3.08. The van der Waals surface area contributed by atoms with Gasteiger partial charge in [-0.1, -0.05) is 18.6 Å². The quantitative estimate of drug-likeness (QED) is 0.464. The average molecular weight is 548 g/mol. The maximum absolute atomic E-state index is 13.6. The monoisotopic (exact) mass is 547 g/mol. The van der Waals surface area contributed by atoms with E-state index < -0.39 is 17.2 Å². The van der Waals surface area contributed by atoms with Crippen LogP contribution in [0.1, 0.15) is 24.8 Å². The Labute approximate surface area is 229 Å². The zero-order chi connectivity index (χ0) is 27.7. The Hall–Kier alpha value is -2.79. The Bertz CT molecular complexity index is 1050. The van der Waals surface area contributed by atoms with Crippen LogP contribution in [0.5, 0.6) is 11.5 Å². The van der Waals surface area contributed by atoms with E-state index in [9.17, 15) is 18.7 Å². The van der Waals surface area contributed by atoms with Crippen molar-refractivity contribution in [1.82, 2.24) is 14.7 Å². The summed E-state index contributed by atoms with van der Waals surface area (Å²) in [5, 5.41) is 11.5. The van der Waals surface area contributed by atoms with Crippen LogP contribution in [0.4, 0.5) is 8.78 Å². The zero-order valence-corrected chi connectivity index (χ0v) is 22.6. The number of piperidine rings is 1. The van der Waals surface area contributed by atoms with Crippen molar-refractivity contribution in [1.29, 1.82) is 0 Å². The van der Waals surface area contributed by atoms with E-state index >= 15 is 0 Å². The van der Waals surface area contributed by atoms with Crippen LogP contribution in [-0.2, 0) is 16.1 Å². The van der Waals surface area contributed by atoms with Crippen LogP contribution in [0.25, 0.3) is 0 Å². The predicted octanol–water partition coefficient (Wildman–Crippen LogP) is 2.93. The van der Waals surface area contributed by atoms with Crippen LogP contribution >= 0.6 is 0 Å². The standard InChI is InChI=1S/C29H39F2N3O5/c1-37-19-28(35)34-12-11-33(20-29(36,21-34)22-39-27-16-24(30)15-25(31)17-27)18-23-5-7-26(8-6-23)38-14-13-32-9-3-2-4-10-32/h5-8,15-17,36H,2-4,9-14,18-22H2,1H3/t29-/m0/s1. The minimum absolute atomic E-state index is 0.00723. The highest BCUT2D eigenvalue weighted by Crippen LogP contribution is 2.22. The van der Waals surface area contributed by atoms with Gasteiger partial charge in [0.1, 0.15) is 48.6 Å². The third kappa shape index (κ3) is 9.13. The van der Waals surface area contributed by atoms with Gasteiger partial charge in [0, 0.05) is 58.0 Å². The predicted molar refractivity (Wildman–Crippen MR) is 143 cm³/mol. The normalized spacial score (nSPS) is 21.0. The van der Waals surface area contributed by atoms with Gasteiger partial charge in [0.15, 0.2) is 0 Å². The molecule has 0 radical (unpaired) electrons. The fourth-order valence-corrected chi connectivity index (χ4v) is 5.15. The minimum atomic E-state index is -1.47. The number of rotatable bonds is 11. The molecule has 0 bridgehead atoms. The molecule has 39 heavy (non-hydrogen) atoms. The summed E-state index contributed by atoms with van der Waals surface area (Å²) in [6.07, 6.45) is 3.83. The number of nitrogens with zero attached hydrogens (tertiary/aromatic N) is 3. The van der Waals surface area contributed by atoms with E-state index in [-0.39, 0.29) is 38.0 Å². The second-order valence-electron chi connectivity index (χ2n) is 10.5. The number of ether oxygens (including phenoxy) is 3. The second kappa shape index (κ2) is 14.0. The molecule has 2 aliphatic heterocycles. The highest BCUT2D eigenvalue weighted by atomic mass is 19.1. The Morgan fingerprint density at radius 3 is 2.31 bits per heavy atom. The molecule has 2 heterocycles. The Balaban J connectivity index is 1.37. The van der Waals surface area contributed by atoms with E-state index in [1.54, 1.807) is 0 Å². The first-order valence-corrected chi connectivity index (χ1v) is 13.6. The summed E-state index contributed by atoms with van der Waals surface area (Å²) in [5.74, 6) is -0.996. The largest absolute Gasteiger partial charge is 0.492 e. The maximum Gasteiger partial charge on any atom is 0.248 e. The molecule has 4 rings (SSSR count). The van der Waals surface area contributed by atoms with Crippen LogP contribution in [0.15, 0.2) is 42.5 Å². The summed E-state index contributed by atoms with van der Waals surface area (Å²) in [4.78, 5) is 18.6. The Kier molecular flexibility index (Phi) is 10.5. The third-order valence-corrected chi connectivity index (χ3v) is 7.11. The zero-order valence-electron chi connectivity index (χ0n) is 22.6. The van der Waals surface area contributed by atoms with E-state index in [0.717, 1.165) is 49.1 Å². The summed E-state index contributed by atoms with van der Waals surface area (Å²) in [6.45, 7) is 5.19. The number of halogens is 2. The van der Waals surface area contributed by atoms with Gasteiger partial charge < -0.3 is 24.2 Å². The molecule has 0 spiro atoms. The van der Waals surface area contributed by atoms with E-state index in [1.165, 1.54) is 31.3 Å². The number of amides is 1. The molecule has 1 N–H and O–H groups in total. The second-order valence-corrected chi connectivity index (χ2v) is 10.5. The van der Waals surface area contributed by atoms with Gasteiger partial charge in [-0.15, -0.1) is 0 Å². The van der Waals surface area contributed by atoms with Gasteiger partial charge in [0.05, 0.1) is 6.54 Å². The van der Waals surface area contributed by atoms with E-state index in [1.807, 2.05) is 29.2 Å². The highest BCUT2D eigenvalue weighted by molar-refractivity contribution is 5.77. The first-order valence-electron chi connectivity index (χ1n) is 13.6. The lowest BCUT2D eigenvalue weighted by molar-refractivity contribution is -0.138. The van der Waals surface area contributed by atoms with Crippen LogP contribution < -0.4 is 9.47 Å². The van der Waals surface area contributed by atoms with Gasteiger partial charge in [-0.25, -0.2) is 8.78 Å². The van der Waals surface area contributed by atoms with Crippen LogP contribution in [0.3, 0.4) is 0 Å². The van der Waals surface area contributed by atoms with Gasteiger partial charge in [0.25, 0.3) is 0 Å². The van der Waals surface area contributed by atoms with Crippen LogP contribution in [0, 0.1) is 11.6 Å². The van der Waals surface area contributed by atoms with Crippen LogP contribution in [-0.4, -0.2) is 104 Å². The van der Waals surface area contributed by atoms with Gasteiger partial charge in [-0.05, 0) is 43.6 Å². The Morgan fingerprint density at radius 2 is 1.62 bits per heavy atom. The smallest absolute Gasteiger partial charge is 0.248 e. The van der Waals surface area contributed by atoms with Gasteiger partial charge in [-0.3, -0.25) is 14.6 Å². The van der Waals surface area contributed by atoms with Gasteiger partial charge >= 0.3 is 0 Å². The molecular formula is C29H39F2N3O5. The van der Waals surface area contributed by atoms with Crippen molar-refractivity contribution in [2.75, 3.05) is 72.7 Å². The molecule has 0 unspecified atom stereocenters. The lowest BCUT2D eigenvalue weighted by atomic mass is 10.0. The van der Waals surface area contributed by atoms with Gasteiger partial charge in [-0.2, -0.15) is 0 Å². The van der Waals surface area contributed by atoms with Crippen molar-refractivity contribution in [3.63, 3.8) is 0 Å². The van der Waals surface area contributed by atoms with Gasteiger partial charge in [0.2, 0.25) is 5.91 Å². The molecule has 8 nitrogen and oxygen atoms in total. The number of carbonyl (C=O) groups excluding carboxylic acids is 1. The van der Waals surface area contributed by atoms with Crippen molar-refractivity contribution in [2.24, 2.45) is 0 Å². The molecule has 2 aliphatic rings. The number of likely N-dealkylation sites (tertiary alicyclic amines) is 1. The summed E-state index contributed by atoms with van der Waals surface area (Å²) in [6, 6.07) is 10.8. The van der Waals surface area contributed by atoms with Crippen molar-refractivity contribution >= 4 is 5.91 Å². The van der Waals surface area contributed by atoms with E-state index in [0.29, 0.717) is 26.2 Å². The first kappa shape index (κ1) is 29.2. The summed E-state index contributed by atoms with van der Waals surface area (Å²) in [5.41, 5.74) is -0.439. The fourth-order valence-electron chi connectivity index (χ4n) is 5.15. The van der Waals surface area contributed by atoms with Crippen molar-refractivity contribution < 1.29 is 32.9 Å². The lowest BCUT2D eigenvalue weighted by Crippen LogP contribution is -2.52. The number of hydrogen-bond acceptors (Lipinski definition) is 7. The Morgan fingerprint density at radius 1 is 0.897 bits per heavy atom. The SMILES string of the molecule is COCC(=O)N1CCN(Cc2ccc(OCCN3CCCCC3)cc2)C[C@@](O)(COc2cc(F)cc(F)c2)C1. The minimum Gasteiger partial charge on any atom is -0.492 e. The molecule has 2 saturated heterocycles. The molecule has 2 aromatic rings. The molecule has 1 amide bonds. The molecule has 0 saturated carbocycles. The number of methoxy groups -OCH3 is 1. The molecule has 2 fully saturated rings. The molecule has 2 aromatic carbocycles. The summed E-state index contributed by atoms with van der Waals surface area (Å²) >= 11 is 0. The summed E-state index contributed by atoms with van der Waals surface area (Å²) < 4.78 is 43.8. The van der Waals surface area contributed by atoms with Crippen LogP contribution in [0.2, 0.25) is 0 Å². The van der Waals surface area contributed by atoms with E-state index in [4.69, 9.17) is 14.2 Å². The van der Waals surface area contributed by atoms with E-state index in [2.05, 4.69) is 4.90 Å². The topological polar surface area (TPSA) is 74.7 Å². The molecule has 0 aromatic heterocycles. The molecule has 1 atom stereocenters. The number of β-amino-alcohol motifs (C(OH)–C–C–N with tert-alkyl or cyclic N) is 1. The number of aliphatic hydroxyl groups is 1. The van der Waals surface area contributed by atoms with Crippen molar-refractivity contribution in [3.8, 4) is 11.5 Å². The summed E-state index contributed by atoms with van der Waals surface area (Å²) in [7, 11) is 1.44. The molecule has 10 heteroatoms. The van der Waals surface area contributed by atoms with Crippen molar-refractivity contribution in [3.05, 3.63) is 59.7 Å². The third-order valence-electron chi connectivity index (χ3n) is 7.11. The number of carbonyl (C=O) groups is 1. The highest BCUT2D eigenvalue weighted by Gasteiger charge is 2.37. The first-order chi connectivity index (χ1) is 18.8. The molecule has 0 aliphatic carbocycles. The number of benzene rings is 2. The maximum atomic E-state index is 13.6.